The lowest BCUT2D eigenvalue weighted by Crippen LogP contribution is -2.57. The zero-order valence-electron chi connectivity index (χ0n) is 20.4. The van der Waals surface area contributed by atoms with Gasteiger partial charge in [-0.05, 0) is 18.1 Å². The van der Waals surface area contributed by atoms with Crippen LogP contribution in [0, 0.1) is 0 Å². The van der Waals surface area contributed by atoms with Crippen molar-refractivity contribution in [1.29, 1.82) is 0 Å². The van der Waals surface area contributed by atoms with E-state index < -0.39 is 47.7 Å². The summed E-state index contributed by atoms with van der Waals surface area (Å²) in [5.41, 5.74) is 12.6. The van der Waals surface area contributed by atoms with Crippen LogP contribution in [0.15, 0.2) is 43.0 Å². The van der Waals surface area contributed by atoms with Crippen molar-refractivity contribution >= 4 is 40.5 Å². The lowest BCUT2D eigenvalue weighted by molar-refractivity contribution is -0.142. The quantitative estimate of drug-likeness (QED) is 0.122. The Bertz CT molecular complexity index is 1290. The van der Waals surface area contributed by atoms with E-state index >= 15 is 0 Å². The molecule has 14 nitrogen and oxygen atoms in total. The normalized spacial score (nSPS) is 13.3. The Labute approximate surface area is 216 Å². The number of carbonyl (C=O) groups excluding carboxylic acids is 4. The van der Waals surface area contributed by atoms with Crippen LogP contribution in [-0.2, 0) is 36.8 Å². The molecule has 2 aromatic heterocycles. The number of aromatic nitrogens is 3. The van der Waals surface area contributed by atoms with Gasteiger partial charge in [-0.25, -0.2) is 9.78 Å². The first kappa shape index (κ1) is 27.9. The van der Waals surface area contributed by atoms with Gasteiger partial charge >= 0.3 is 5.97 Å². The number of amides is 4. The van der Waals surface area contributed by atoms with E-state index in [-0.39, 0.29) is 32.2 Å². The van der Waals surface area contributed by atoms with E-state index in [4.69, 9.17) is 11.5 Å². The highest BCUT2D eigenvalue weighted by atomic mass is 16.4. The smallest absolute Gasteiger partial charge is 0.326 e. The number of carboxylic acids is 1. The monoisotopic (exact) mass is 526 g/mol. The van der Waals surface area contributed by atoms with Gasteiger partial charge in [0.25, 0.3) is 0 Å². The van der Waals surface area contributed by atoms with Gasteiger partial charge in [-0.3, -0.25) is 19.2 Å². The Hall–Kier alpha value is -4.72. The molecule has 0 saturated carbocycles. The number of para-hydroxylation sites is 1. The third kappa shape index (κ3) is 7.64. The molecule has 3 aromatic rings. The predicted molar refractivity (Wildman–Crippen MR) is 135 cm³/mol. The maximum atomic E-state index is 13.4. The van der Waals surface area contributed by atoms with Crippen LogP contribution in [0.4, 0.5) is 0 Å². The summed E-state index contributed by atoms with van der Waals surface area (Å²) in [7, 11) is 0. The number of carbonyl (C=O) groups is 5. The van der Waals surface area contributed by atoms with Gasteiger partial charge in [0.1, 0.15) is 18.1 Å². The molecule has 14 heteroatoms. The fourth-order valence-corrected chi connectivity index (χ4v) is 3.90. The molecule has 38 heavy (non-hydrogen) atoms. The lowest BCUT2D eigenvalue weighted by atomic mass is 10.0. The predicted octanol–water partition coefficient (Wildman–Crippen LogP) is -1.56. The first-order valence-electron chi connectivity index (χ1n) is 11.8. The van der Waals surface area contributed by atoms with Crippen molar-refractivity contribution in [3.8, 4) is 0 Å². The molecular weight excluding hydrogens is 496 g/mol. The molecule has 0 spiro atoms. The van der Waals surface area contributed by atoms with Crippen LogP contribution >= 0.6 is 0 Å². The van der Waals surface area contributed by atoms with Crippen LogP contribution in [0.25, 0.3) is 10.9 Å². The Kier molecular flexibility index (Phi) is 9.54. The summed E-state index contributed by atoms with van der Waals surface area (Å²) < 4.78 is 0. The summed E-state index contributed by atoms with van der Waals surface area (Å²) in [5.74, 6) is -4.14. The molecule has 2 heterocycles. The summed E-state index contributed by atoms with van der Waals surface area (Å²) in [4.78, 5) is 71.2. The maximum absolute atomic E-state index is 13.4. The number of carboxylic acid groups (broad SMARTS) is 1. The fraction of sp³-hybridized carbons (Fsp3) is 0.333. The summed E-state index contributed by atoms with van der Waals surface area (Å²) in [6, 6.07) is 3.70. The van der Waals surface area contributed by atoms with Crippen molar-refractivity contribution in [1.82, 2.24) is 30.9 Å². The largest absolute Gasteiger partial charge is 0.480 e. The van der Waals surface area contributed by atoms with Gasteiger partial charge in [0, 0.05) is 48.3 Å². The van der Waals surface area contributed by atoms with Crippen molar-refractivity contribution in [2.24, 2.45) is 11.5 Å². The molecule has 3 atom stereocenters. The lowest BCUT2D eigenvalue weighted by Gasteiger charge is -2.24. The highest BCUT2D eigenvalue weighted by Crippen LogP contribution is 2.19. The summed E-state index contributed by atoms with van der Waals surface area (Å²) in [6.07, 6.45) is 4.13. The third-order valence-corrected chi connectivity index (χ3v) is 5.84. The van der Waals surface area contributed by atoms with Gasteiger partial charge in [0.05, 0.1) is 12.9 Å². The number of primary amides is 1. The molecule has 0 bridgehead atoms. The zero-order valence-corrected chi connectivity index (χ0v) is 20.4. The SMILES string of the molecule is NCC(=O)NC(Cc1c[nH]c2ccccc12)C(=O)NC(Cc1cnc[nH]1)C(=O)NC(CCC(N)=O)C(=O)O. The molecule has 0 radical (unpaired) electrons. The van der Waals surface area contributed by atoms with E-state index in [1.165, 1.54) is 12.5 Å². The number of H-pyrrole nitrogens is 2. The Balaban J connectivity index is 1.82. The van der Waals surface area contributed by atoms with Crippen LogP contribution in [0.1, 0.15) is 24.1 Å². The van der Waals surface area contributed by atoms with E-state index in [0.717, 1.165) is 16.5 Å². The van der Waals surface area contributed by atoms with Gasteiger partial charge in [-0.2, -0.15) is 0 Å². The molecule has 3 unspecified atom stereocenters. The summed E-state index contributed by atoms with van der Waals surface area (Å²) in [6.45, 7) is -0.351. The van der Waals surface area contributed by atoms with Crippen LogP contribution in [-0.4, -0.2) is 74.3 Å². The van der Waals surface area contributed by atoms with Crippen molar-refractivity contribution in [2.45, 2.75) is 43.8 Å². The van der Waals surface area contributed by atoms with Crippen molar-refractivity contribution in [2.75, 3.05) is 6.54 Å². The topological polar surface area (TPSA) is 238 Å². The minimum Gasteiger partial charge on any atom is -0.480 e. The summed E-state index contributed by atoms with van der Waals surface area (Å²) in [5, 5.41) is 17.9. The molecule has 0 aliphatic carbocycles. The molecule has 3 rings (SSSR count). The number of imidazole rings is 1. The number of aromatic amines is 2. The minimum absolute atomic E-state index is 0.0512. The van der Waals surface area contributed by atoms with E-state index in [1.807, 2.05) is 24.3 Å². The number of nitrogens with one attached hydrogen (secondary N) is 5. The van der Waals surface area contributed by atoms with E-state index in [1.54, 1.807) is 6.20 Å². The number of aliphatic carboxylic acids is 1. The highest BCUT2D eigenvalue weighted by Gasteiger charge is 2.30. The molecule has 0 saturated heterocycles. The summed E-state index contributed by atoms with van der Waals surface area (Å²) >= 11 is 0. The molecule has 4 amide bonds. The average Bonchev–Trinajstić information content (AvgIpc) is 3.55. The second kappa shape index (κ2) is 13.0. The van der Waals surface area contributed by atoms with E-state index in [2.05, 4.69) is 30.9 Å². The molecule has 1 aromatic carbocycles. The van der Waals surface area contributed by atoms with E-state index in [0.29, 0.717) is 5.69 Å². The molecule has 0 fully saturated rings. The molecule has 202 valence electrons. The van der Waals surface area contributed by atoms with Gasteiger partial charge < -0.3 is 42.5 Å². The fourth-order valence-electron chi connectivity index (χ4n) is 3.90. The van der Waals surface area contributed by atoms with Crippen LogP contribution in [0.2, 0.25) is 0 Å². The van der Waals surface area contributed by atoms with Crippen LogP contribution in [0.3, 0.4) is 0 Å². The Morgan fingerprint density at radius 1 is 0.947 bits per heavy atom. The first-order valence-corrected chi connectivity index (χ1v) is 11.8. The van der Waals surface area contributed by atoms with E-state index in [9.17, 15) is 29.1 Å². The van der Waals surface area contributed by atoms with Gasteiger partial charge in [0.15, 0.2) is 0 Å². The molecule has 10 N–H and O–H groups in total. The Morgan fingerprint density at radius 2 is 1.63 bits per heavy atom. The van der Waals surface area contributed by atoms with Crippen LogP contribution < -0.4 is 27.4 Å². The number of hydrogen-bond donors (Lipinski definition) is 8. The molecule has 0 aliphatic rings. The third-order valence-electron chi connectivity index (χ3n) is 5.84. The number of rotatable bonds is 14. The van der Waals surface area contributed by atoms with Gasteiger partial charge in [0.2, 0.25) is 23.6 Å². The maximum Gasteiger partial charge on any atom is 0.326 e. The minimum atomic E-state index is -1.41. The van der Waals surface area contributed by atoms with Crippen molar-refractivity contribution in [3.05, 3.63) is 54.2 Å². The average molecular weight is 527 g/mol. The van der Waals surface area contributed by atoms with Gasteiger partial charge in [-0.1, -0.05) is 18.2 Å². The van der Waals surface area contributed by atoms with Crippen molar-refractivity contribution < 1.29 is 29.1 Å². The number of nitrogens with two attached hydrogens (primary N) is 2. The number of nitrogens with zero attached hydrogens (tertiary/aromatic N) is 1. The first-order chi connectivity index (χ1) is 18.2. The number of benzene rings is 1. The van der Waals surface area contributed by atoms with Gasteiger partial charge in [-0.15, -0.1) is 0 Å². The number of fused-ring (bicyclic) bond motifs is 1. The molecule has 0 aliphatic heterocycles. The highest BCUT2D eigenvalue weighted by molar-refractivity contribution is 5.94. The molecular formula is C24H30N8O6. The zero-order chi connectivity index (χ0) is 27.7. The standard InChI is InChI=1S/C24H30N8O6/c25-9-21(34)30-18(7-13-10-28-16-4-2-1-3-15(13)16)22(35)32-19(8-14-11-27-12-29-14)23(36)31-17(24(37)38)5-6-20(26)33/h1-4,10-12,17-19,28H,5-9,25H2,(H2,26,33)(H,27,29)(H,30,34)(H,31,36)(H,32,35)(H,37,38). The van der Waals surface area contributed by atoms with Crippen LogP contribution in [0.5, 0.6) is 0 Å². The second-order valence-corrected chi connectivity index (χ2v) is 8.63. The second-order valence-electron chi connectivity index (χ2n) is 8.63. The number of hydrogen-bond acceptors (Lipinski definition) is 7. The Morgan fingerprint density at radius 3 is 2.26 bits per heavy atom. The van der Waals surface area contributed by atoms with Crippen molar-refractivity contribution in [3.63, 3.8) is 0 Å².